The largest absolute Gasteiger partial charge is 0.497 e. The number of rotatable bonds is 5. The number of ether oxygens (including phenoxy) is 1. The fraction of sp³-hybridized carbons (Fsp3) is 0.286. The van der Waals surface area contributed by atoms with Gasteiger partial charge in [0.1, 0.15) is 5.75 Å². The molecule has 0 spiro atoms. The van der Waals surface area contributed by atoms with Crippen LogP contribution in [0.15, 0.2) is 36.4 Å². The molecule has 3 N–H and O–H groups in total. The summed E-state index contributed by atoms with van der Waals surface area (Å²) in [4.78, 5) is 0.830. The molecule has 0 bridgehead atoms. The summed E-state index contributed by atoms with van der Waals surface area (Å²) in [5, 5.41) is 10.4. The normalized spacial score (nSPS) is 14.1. The van der Waals surface area contributed by atoms with Crippen molar-refractivity contribution in [2.75, 3.05) is 13.7 Å². The van der Waals surface area contributed by atoms with Crippen LogP contribution in [-0.2, 0) is 0 Å². The highest BCUT2D eigenvalue weighted by Gasteiger charge is 2.22. The Morgan fingerprint density at radius 1 is 1.26 bits per heavy atom. The highest BCUT2D eigenvalue weighted by molar-refractivity contribution is 7.16. The predicted molar refractivity (Wildman–Crippen MR) is 79.1 cm³/mol. The van der Waals surface area contributed by atoms with E-state index in [1.165, 1.54) is 11.3 Å². The van der Waals surface area contributed by atoms with Crippen LogP contribution in [0, 0.1) is 0 Å². The van der Waals surface area contributed by atoms with Crippen molar-refractivity contribution in [2.45, 2.75) is 12.0 Å². The average Bonchev–Trinajstić information content (AvgIpc) is 2.87. The number of methoxy groups -OCH3 is 1. The number of nitrogens with two attached hydrogens (primary N) is 1. The molecule has 0 aliphatic rings. The van der Waals surface area contributed by atoms with Gasteiger partial charge in [0.2, 0.25) is 0 Å². The predicted octanol–water partition coefficient (Wildman–Crippen LogP) is 3.19. The lowest BCUT2D eigenvalue weighted by Crippen LogP contribution is -2.19. The lowest BCUT2D eigenvalue weighted by molar-refractivity contribution is 0.151. The zero-order valence-electron chi connectivity index (χ0n) is 10.5. The van der Waals surface area contributed by atoms with E-state index >= 15 is 0 Å². The molecule has 3 nitrogen and oxygen atoms in total. The van der Waals surface area contributed by atoms with Crippen LogP contribution in [0.2, 0.25) is 4.34 Å². The number of halogens is 1. The number of aliphatic hydroxyl groups is 1. The Hall–Kier alpha value is -1.07. The van der Waals surface area contributed by atoms with Crippen LogP contribution in [0.4, 0.5) is 0 Å². The Balaban J connectivity index is 2.23. The third kappa shape index (κ3) is 3.28. The minimum absolute atomic E-state index is 0.152. The van der Waals surface area contributed by atoms with Gasteiger partial charge in [0.05, 0.1) is 17.6 Å². The minimum Gasteiger partial charge on any atom is -0.497 e. The van der Waals surface area contributed by atoms with Crippen molar-refractivity contribution in [3.05, 3.63) is 51.2 Å². The number of aliphatic hydroxyl groups excluding tert-OH is 1. The number of benzene rings is 1. The van der Waals surface area contributed by atoms with Gasteiger partial charge in [0, 0.05) is 17.3 Å². The van der Waals surface area contributed by atoms with Crippen LogP contribution in [0.25, 0.3) is 0 Å². The summed E-state index contributed by atoms with van der Waals surface area (Å²) < 4.78 is 5.79. The highest BCUT2D eigenvalue weighted by atomic mass is 35.5. The molecule has 5 heteroatoms. The third-order valence-corrected chi connectivity index (χ3v) is 4.37. The van der Waals surface area contributed by atoms with Crippen molar-refractivity contribution in [1.29, 1.82) is 0 Å². The van der Waals surface area contributed by atoms with Crippen LogP contribution in [-0.4, -0.2) is 18.8 Å². The molecule has 1 aromatic heterocycles. The van der Waals surface area contributed by atoms with Crippen LogP contribution >= 0.6 is 22.9 Å². The van der Waals surface area contributed by atoms with Crippen molar-refractivity contribution in [1.82, 2.24) is 0 Å². The van der Waals surface area contributed by atoms with Crippen molar-refractivity contribution in [3.8, 4) is 5.75 Å². The average molecular weight is 298 g/mol. The molecule has 0 saturated carbocycles. The lowest BCUT2D eigenvalue weighted by Gasteiger charge is -2.21. The van der Waals surface area contributed by atoms with Gasteiger partial charge in [-0.25, -0.2) is 0 Å². The summed E-state index contributed by atoms with van der Waals surface area (Å²) >= 11 is 7.27. The maximum Gasteiger partial charge on any atom is 0.118 e. The summed E-state index contributed by atoms with van der Waals surface area (Å²) in [6, 6.07) is 11.2. The van der Waals surface area contributed by atoms with E-state index in [0.717, 1.165) is 16.2 Å². The molecule has 0 fully saturated rings. The van der Waals surface area contributed by atoms with E-state index in [1.54, 1.807) is 13.2 Å². The summed E-state index contributed by atoms with van der Waals surface area (Å²) in [6.07, 6.45) is -0.643. The van der Waals surface area contributed by atoms with Gasteiger partial charge < -0.3 is 15.6 Å². The standard InChI is InChI=1S/C14H16ClNO2S/c1-18-10-4-2-9(3-5-10)11(8-16)14(17)12-6-7-13(15)19-12/h2-7,11,14,17H,8,16H2,1H3. The molecule has 2 atom stereocenters. The van der Waals surface area contributed by atoms with Crippen molar-refractivity contribution < 1.29 is 9.84 Å². The zero-order chi connectivity index (χ0) is 13.8. The number of thiophene rings is 1. The molecule has 0 radical (unpaired) electrons. The molecule has 2 aromatic rings. The molecule has 0 saturated heterocycles. The maximum atomic E-state index is 10.4. The first-order chi connectivity index (χ1) is 9.15. The summed E-state index contributed by atoms with van der Waals surface area (Å²) in [6.45, 7) is 0.364. The van der Waals surface area contributed by atoms with Gasteiger partial charge in [-0.3, -0.25) is 0 Å². The van der Waals surface area contributed by atoms with Crippen LogP contribution in [0.1, 0.15) is 22.5 Å². The molecule has 0 amide bonds. The molecule has 1 aromatic carbocycles. The molecule has 1 heterocycles. The van der Waals surface area contributed by atoms with Gasteiger partial charge in [0.15, 0.2) is 0 Å². The Kier molecular flexibility index (Phi) is 4.82. The second-order valence-electron chi connectivity index (χ2n) is 4.20. The van der Waals surface area contributed by atoms with E-state index < -0.39 is 6.10 Å². The second kappa shape index (κ2) is 6.39. The van der Waals surface area contributed by atoms with Crippen LogP contribution in [0.3, 0.4) is 0 Å². The lowest BCUT2D eigenvalue weighted by atomic mass is 9.92. The van der Waals surface area contributed by atoms with E-state index in [0.29, 0.717) is 10.9 Å². The fourth-order valence-corrected chi connectivity index (χ4v) is 3.10. The Bertz CT molecular complexity index is 526. The Labute approximate surface area is 121 Å². The highest BCUT2D eigenvalue weighted by Crippen LogP contribution is 2.35. The maximum absolute atomic E-state index is 10.4. The van der Waals surface area contributed by atoms with E-state index in [2.05, 4.69) is 0 Å². The van der Waals surface area contributed by atoms with E-state index in [4.69, 9.17) is 22.1 Å². The van der Waals surface area contributed by atoms with Gasteiger partial charge in [-0.15, -0.1) is 11.3 Å². The van der Waals surface area contributed by atoms with Crippen LogP contribution in [0.5, 0.6) is 5.75 Å². The molecule has 102 valence electrons. The first kappa shape index (κ1) is 14.3. The topological polar surface area (TPSA) is 55.5 Å². The quantitative estimate of drug-likeness (QED) is 0.891. The fourth-order valence-electron chi connectivity index (χ4n) is 1.98. The molecule has 0 aliphatic heterocycles. The van der Waals surface area contributed by atoms with Gasteiger partial charge in [0.25, 0.3) is 0 Å². The van der Waals surface area contributed by atoms with Crippen molar-refractivity contribution in [2.24, 2.45) is 5.73 Å². The molecule has 0 aliphatic carbocycles. The zero-order valence-corrected chi connectivity index (χ0v) is 12.1. The first-order valence-corrected chi connectivity index (χ1v) is 7.12. The second-order valence-corrected chi connectivity index (χ2v) is 5.95. The van der Waals surface area contributed by atoms with E-state index in [1.807, 2.05) is 30.3 Å². The molecule has 2 rings (SSSR count). The van der Waals surface area contributed by atoms with Crippen molar-refractivity contribution >= 4 is 22.9 Å². The van der Waals surface area contributed by atoms with E-state index in [9.17, 15) is 5.11 Å². The van der Waals surface area contributed by atoms with Gasteiger partial charge in [-0.1, -0.05) is 23.7 Å². The van der Waals surface area contributed by atoms with Crippen LogP contribution < -0.4 is 10.5 Å². The first-order valence-electron chi connectivity index (χ1n) is 5.93. The number of hydrogen-bond acceptors (Lipinski definition) is 4. The summed E-state index contributed by atoms with van der Waals surface area (Å²) in [5.41, 5.74) is 6.79. The molecular formula is C14H16ClNO2S. The minimum atomic E-state index is -0.643. The van der Waals surface area contributed by atoms with E-state index in [-0.39, 0.29) is 5.92 Å². The van der Waals surface area contributed by atoms with Gasteiger partial charge in [-0.05, 0) is 29.8 Å². The smallest absolute Gasteiger partial charge is 0.118 e. The Morgan fingerprint density at radius 2 is 1.95 bits per heavy atom. The SMILES string of the molecule is COc1ccc(C(CN)C(O)c2ccc(Cl)s2)cc1. The van der Waals surface area contributed by atoms with Gasteiger partial charge in [-0.2, -0.15) is 0 Å². The number of hydrogen-bond donors (Lipinski definition) is 2. The third-order valence-electron chi connectivity index (χ3n) is 3.06. The molecule has 2 unspecified atom stereocenters. The summed E-state index contributed by atoms with van der Waals surface area (Å²) in [5.74, 6) is 0.633. The van der Waals surface area contributed by atoms with Gasteiger partial charge >= 0.3 is 0 Å². The Morgan fingerprint density at radius 3 is 2.42 bits per heavy atom. The monoisotopic (exact) mass is 297 g/mol. The van der Waals surface area contributed by atoms with Crippen molar-refractivity contribution in [3.63, 3.8) is 0 Å². The summed E-state index contributed by atoms with van der Waals surface area (Å²) in [7, 11) is 1.62. The molecule has 19 heavy (non-hydrogen) atoms. The molecular weight excluding hydrogens is 282 g/mol.